The fourth-order valence-electron chi connectivity index (χ4n) is 3.41. The topological polar surface area (TPSA) is 90.7 Å². The molecule has 3 rings (SSSR count). The predicted molar refractivity (Wildman–Crippen MR) is 94.6 cm³/mol. The second-order valence-electron chi connectivity index (χ2n) is 6.74. The Morgan fingerprint density at radius 3 is 2.46 bits per heavy atom. The van der Waals surface area contributed by atoms with E-state index in [0.717, 1.165) is 5.56 Å². The van der Waals surface area contributed by atoms with Gasteiger partial charge in [-0.05, 0) is 31.9 Å². The fourth-order valence-corrected chi connectivity index (χ4v) is 4.88. The number of carbonyl (C=O) groups excluding carboxylic acids is 1. The third-order valence-electron chi connectivity index (χ3n) is 5.02. The van der Waals surface area contributed by atoms with Crippen molar-refractivity contribution in [1.82, 2.24) is 9.21 Å². The van der Waals surface area contributed by atoms with Gasteiger partial charge in [-0.3, -0.25) is 4.79 Å². The summed E-state index contributed by atoms with van der Waals surface area (Å²) in [6, 6.07) is 8.36. The minimum absolute atomic E-state index is 0.0627. The molecular formula is C18H23N3O4S. The zero-order valence-electron chi connectivity index (χ0n) is 14.8. The van der Waals surface area contributed by atoms with Crippen molar-refractivity contribution in [3.8, 4) is 6.07 Å². The summed E-state index contributed by atoms with van der Waals surface area (Å²) in [5.41, 5.74) is 1.01. The van der Waals surface area contributed by atoms with E-state index >= 15 is 0 Å². The quantitative estimate of drug-likeness (QED) is 0.788. The van der Waals surface area contributed by atoms with Crippen LogP contribution in [0.15, 0.2) is 29.2 Å². The lowest BCUT2D eigenvalue weighted by atomic mass is 9.95. The van der Waals surface area contributed by atoms with E-state index in [2.05, 4.69) is 6.07 Å². The lowest BCUT2D eigenvalue weighted by molar-refractivity contribution is -0.143. The highest BCUT2D eigenvalue weighted by Crippen LogP contribution is 2.26. The van der Waals surface area contributed by atoms with Gasteiger partial charge in [0.05, 0.1) is 24.2 Å². The summed E-state index contributed by atoms with van der Waals surface area (Å²) in [6.45, 7) is 3.63. The second kappa shape index (κ2) is 7.74. The number of piperidine rings is 1. The molecule has 0 saturated carbocycles. The number of hydrogen-bond donors (Lipinski definition) is 0. The standard InChI is InChI=1S/C18H23N3O4S/c1-14-2-4-17(5-3-14)26(23,24)20-8-6-15(7-9-20)18(22)21-10-11-25-13-16(21)12-19/h2-5,15-16H,6-11,13H2,1H3/t16-/m0/s1. The summed E-state index contributed by atoms with van der Waals surface area (Å²) in [5.74, 6) is -0.305. The monoisotopic (exact) mass is 377 g/mol. The van der Waals surface area contributed by atoms with Crippen LogP contribution in [-0.4, -0.2) is 62.4 Å². The van der Waals surface area contributed by atoms with Gasteiger partial charge >= 0.3 is 0 Å². The highest BCUT2D eigenvalue weighted by molar-refractivity contribution is 7.89. The molecule has 2 fully saturated rings. The first-order chi connectivity index (χ1) is 12.4. The molecule has 1 aromatic carbocycles. The molecule has 0 unspecified atom stereocenters. The van der Waals surface area contributed by atoms with Crippen LogP contribution in [0.25, 0.3) is 0 Å². The summed E-state index contributed by atoms with van der Waals surface area (Å²) >= 11 is 0. The van der Waals surface area contributed by atoms with Gasteiger partial charge in [0, 0.05) is 25.6 Å². The first kappa shape index (κ1) is 18.8. The van der Waals surface area contributed by atoms with Gasteiger partial charge in [0.1, 0.15) is 6.04 Å². The number of sulfonamides is 1. The van der Waals surface area contributed by atoms with E-state index in [9.17, 15) is 18.5 Å². The molecule has 2 heterocycles. The Labute approximate surface area is 154 Å². The molecule has 0 bridgehead atoms. The van der Waals surface area contributed by atoms with E-state index in [1.807, 2.05) is 6.92 Å². The normalized spacial score (nSPS) is 22.8. The Bertz CT molecular complexity index is 793. The van der Waals surface area contributed by atoms with Gasteiger partial charge < -0.3 is 9.64 Å². The molecule has 0 aromatic heterocycles. The smallest absolute Gasteiger partial charge is 0.243 e. The number of nitrogens with zero attached hydrogens (tertiary/aromatic N) is 3. The van der Waals surface area contributed by atoms with E-state index in [0.29, 0.717) is 39.1 Å². The molecular weight excluding hydrogens is 354 g/mol. The van der Waals surface area contributed by atoms with Crippen molar-refractivity contribution in [3.63, 3.8) is 0 Å². The number of amides is 1. The number of aryl methyl sites for hydroxylation is 1. The number of carbonyl (C=O) groups is 1. The van der Waals surface area contributed by atoms with Crippen molar-refractivity contribution in [2.45, 2.75) is 30.7 Å². The zero-order valence-corrected chi connectivity index (χ0v) is 15.6. The van der Waals surface area contributed by atoms with Gasteiger partial charge in [-0.25, -0.2) is 8.42 Å². The second-order valence-corrected chi connectivity index (χ2v) is 8.68. The molecule has 2 saturated heterocycles. The van der Waals surface area contributed by atoms with Crippen LogP contribution in [0, 0.1) is 24.2 Å². The van der Waals surface area contributed by atoms with Crippen molar-refractivity contribution in [2.75, 3.05) is 32.8 Å². The molecule has 0 aliphatic carbocycles. The zero-order chi connectivity index (χ0) is 18.7. The third-order valence-corrected chi connectivity index (χ3v) is 6.94. The Morgan fingerprint density at radius 1 is 1.19 bits per heavy atom. The molecule has 0 N–H and O–H groups in total. The minimum atomic E-state index is -3.53. The molecule has 1 atom stereocenters. The maximum Gasteiger partial charge on any atom is 0.243 e. The summed E-state index contributed by atoms with van der Waals surface area (Å²) in [5, 5.41) is 9.19. The Balaban J connectivity index is 1.64. The molecule has 0 spiro atoms. The van der Waals surface area contributed by atoms with Gasteiger partial charge in [-0.2, -0.15) is 9.57 Å². The lowest BCUT2D eigenvalue weighted by Crippen LogP contribution is -2.52. The van der Waals surface area contributed by atoms with Gasteiger partial charge in [-0.1, -0.05) is 17.7 Å². The highest BCUT2D eigenvalue weighted by atomic mass is 32.2. The Hall–Kier alpha value is -1.95. The number of rotatable bonds is 3. The molecule has 2 aliphatic rings. The largest absolute Gasteiger partial charge is 0.376 e. The van der Waals surface area contributed by atoms with Crippen LogP contribution in [0.3, 0.4) is 0 Å². The van der Waals surface area contributed by atoms with Crippen molar-refractivity contribution >= 4 is 15.9 Å². The molecule has 140 valence electrons. The minimum Gasteiger partial charge on any atom is -0.376 e. The summed E-state index contributed by atoms with van der Waals surface area (Å²) in [6.07, 6.45) is 0.943. The van der Waals surface area contributed by atoms with E-state index in [4.69, 9.17) is 4.74 Å². The van der Waals surface area contributed by atoms with Crippen molar-refractivity contribution < 1.29 is 17.9 Å². The molecule has 2 aliphatic heterocycles. The van der Waals surface area contributed by atoms with Gasteiger partial charge in [-0.15, -0.1) is 0 Å². The van der Waals surface area contributed by atoms with Crippen molar-refractivity contribution in [3.05, 3.63) is 29.8 Å². The number of hydrogen-bond acceptors (Lipinski definition) is 5. The number of benzene rings is 1. The molecule has 8 heteroatoms. The van der Waals surface area contributed by atoms with E-state index in [1.165, 1.54) is 4.31 Å². The van der Waals surface area contributed by atoms with Crippen LogP contribution in [0.2, 0.25) is 0 Å². The first-order valence-corrected chi connectivity index (χ1v) is 10.2. The van der Waals surface area contributed by atoms with Crippen molar-refractivity contribution in [2.24, 2.45) is 5.92 Å². The van der Waals surface area contributed by atoms with Gasteiger partial charge in [0.2, 0.25) is 15.9 Å². The van der Waals surface area contributed by atoms with Gasteiger partial charge in [0.15, 0.2) is 0 Å². The van der Waals surface area contributed by atoms with Crippen LogP contribution in [-0.2, 0) is 19.6 Å². The predicted octanol–water partition coefficient (Wildman–Crippen LogP) is 1.15. The number of ether oxygens (including phenoxy) is 1. The third kappa shape index (κ3) is 3.75. The van der Waals surface area contributed by atoms with E-state index in [1.54, 1.807) is 29.2 Å². The lowest BCUT2D eigenvalue weighted by Gasteiger charge is -2.37. The molecule has 1 aromatic rings. The maximum absolute atomic E-state index is 12.7. The SMILES string of the molecule is Cc1ccc(S(=O)(=O)N2CCC(C(=O)N3CCOC[C@@H]3C#N)CC2)cc1. The fraction of sp³-hybridized carbons (Fsp3) is 0.556. The summed E-state index contributed by atoms with van der Waals surface area (Å²) < 4.78 is 32.2. The summed E-state index contributed by atoms with van der Waals surface area (Å²) in [4.78, 5) is 14.6. The number of morpholine rings is 1. The Kier molecular flexibility index (Phi) is 5.61. The molecule has 0 radical (unpaired) electrons. The van der Waals surface area contributed by atoms with Crippen LogP contribution in [0.5, 0.6) is 0 Å². The average Bonchev–Trinajstić information content (AvgIpc) is 2.68. The number of nitriles is 1. The van der Waals surface area contributed by atoms with Crippen LogP contribution < -0.4 is 0 Å². The summed E-state index contributed by atoms with van der Waals surface area (Å²) in [7, 11) is -3.53. The first-order valence-electron chi connectivity index (χ1n) is 8.78. The highest BCUT2D eigenvalue weighted by Gasteiger charge is 2.36. The van der Waals surface area contributed by atoms with E-state index in [-0.39, 0.29) is 23.3 Å². The maximum atomic E-state index is 12.7. The van der Waals surface area contributed by atoms with Crippen molar-refractivity contribution in [1.29, 1.82) is 5.26 Å². The average molecular weight is 377 g/mol. The van der Waals surface area contributed by atoms with Crippen LogP contribution in [0.1, 0.15) is 18.4 Å². The van der Waals surface area contributed by atoms with Crippen LogP contribution in [0.4, 0.5) is 0 Å². The molecule has 7 nitrogen and oxygen atoms in total. The van der Waals surface area contributed by atoms with E-state index < -0.39 is 16.1 Å². The Morgan fingerprint density at radius 2 is 1.85 bits per heavy atom. The van der Waals surface area contributed by atoms with Gasteiger partial charge in [0.25, 0.3) is 0 Å². The van der Waals surface area contributed by atoms with Crippen LogP contribution >= 0.6 is 0 Å². The molecule has 1 amide bonds. The molecule has 26 heavy (non-hydrogen) atoms.